The zero-order valence-corrected chi connectivity index (χ0v) is 18.1. The molecule has 0 atom stereocenters. The predicted octanol–water partition coefficient (Wildman–Crippen LogP) is 5.06. The number of hydrogen-bond acceptors (Lipinski definition) is 6. The SMILES string of the molecule is CCC(=O)Oc1cc2oc(CC)c(-c3ccc4c(c3)OCCCO4)c(=O)c2cc1CC. The van der Waals surface area contributed by atoms with Gasteiger partial charge in [0.2, 0.25) is 5.43 Å². The summed E-state index contributed by atoms with van der Waals surface area (Å²) in [6.07, 6.45) is 2.24. The van der Waals surface area contributed by atoms with E-state index in [2.05, 4.69) is 0 Å². The first-order valence-electron chi connectivity index (χ1n) is 10.8. The van der Waals surface area contributed by atoms with Gasteiger partial charge in [-0.15, -0.1) is 0 Å². The highest BCUT2D eigenvalue weighted by Gasteiger charge is 2.20. The Balaban J connectivity index is 1.89. The van der Waals surface area contributed by atoms with Gasteiger partial charge >= 0.3 is 5.97 Å². The van der Waals surface area contributed by atoms with Crippen molar-refractivity contribution in [3.05, 3.63) is 51.9 Å². The number of hydrogen-bond donors (Lipinski definition) is 0. The molecule has 31 heavy (non-hydrogen) atoms. The van der Waals surface area contributed by atoms with Gasteiger partial charge in [0.25, 0.3) is 0 Å². The summed E-state index contributed by atoms with van der Waals surface area (Å²) < 4.78 is 23.1. The average molecular weight is 422 g/mol. The fourth-order valence-corrected chi connectivity index (χ4v) is 3.74. The van der Waals surface area contributed by atoms with Gasteiger partial charge in [-0.05, 0) is 35.7 Å². The van der Waals surface area contributed by atoms with Crippen LogP contribution in [0.1, 0.15) is 44.9 Å². The Labute approximate surface area is 180 Å². The second kappa shape index (κ2) is 8.84. The topological polar surface area (TPSA) is 75.0 Å². The van der Waals surface area contributed by atoms with E-state index in [1.165, 1.54) is 0 Å². The molecule has 2 heterocycles. The number of benzene rings is 2. The van der Waals surface area contributed by atoms with E-state index in [1.54, 1.807) is 19.1 Å². The van der Waals surface area contributed by atoms with E-state index < -0.39 is 0 Å². The maximum absolute atomic E-state index is 13.6. The lowest BCUT2D eigenvalue weighted by molar-refractivity contribution is -0.134. The Morgan fingerprint density at radius 2 is 1.77 bits per heavy atom. The van der Waals surface area contributed by atoms with Gasteiger partial charge in [-0.3, -0.25) is 9.59 Å². The van der Waals surface area contributed by atoms with Gasteiger partial charge in [-0.1, -0.05) is 26.8 Å². The second-order valence-corrected chi connectivity index (χ2v) is 7.43. The van der Waals surface area contributed by atoms with E-state index in [0.717, 1.165) is 17.5 Å². The Morgan fingerprint density at radius 3 is 2.48 bits per heavy atom. The molecule has 0 amide bonds. The van der Waals surface area contributed by atoms with Crippen molar-refractivity contribution in [3.8, 4) is 28.4 Å². The smallest absolute Gasteiger partial charge is 0.310 e. The molecule has 162 valence electrons. The van der Waals surface area contributed by atoms with Crippen LogP contribution in [0.25, 0.3) is 22.1 Å². The molecular weight excluding hydrogens is 396 g/mol. The van der Waals surface area contributed by atoms with Gasteiger partial charge in [-0.2, -0.15) is 0 Å². The van der Waals surface area contributed by atoms with Crippen molar-refractivity contribution in [2.24, 2.45) is 0 Å². The average Bonchev–Trinajstić information content (AvgIpc) is 3.03. The molecule has 4 rings (SSSR count). The molecule has 0 N–H and O–H groups in total. The number of rotatable bonds is 5. The molecule has 1 aliphatic rings. The van der Waals surface area contributed by atoms with Crippen LogP contribution < -0.4 is 19.6 Å². The largest absolute Gasteiger partial charge is 0.490 e. The lowest BCUT2D eigenvalue weighted by Crippen LogP contribution is -2.11. The van der Waals surface area contributed by atoms with Gasteiger partial charge < -0.3 is 18.6 Å². The van der Waals surface area contributed by atoms with Crippen LogP contribution >= 0.6 is 0 Å². The number of ether oxygens (including phenoxy) is 3. The zero-order valence-electron chi connectivity index (χ0n) is 18.1. The van der Waals surface area contributed by atoms with E-state index in [0.29, 0.717) is 65.6 Å². The lowest BCUT2D eigenvalue weighted by atomic mass is 9.99. The first kappa shape index (κ1) is 21.0. The van der Waals surface area contributed by atoms with Crippen molar-refractivity contribution >= 4 is 16.9 Å². The zero-order chi connectivity index (χ0) is 22.0. The molecule has 2 aromatic carbocycles. The molecule has 0 unspecified atom stereocenters. The third-order valence-electron chi connectivity index (χ3n) is 5.40. The summed E-state index contributed by atoms with van der Waals surface area (Å²) in [7, 11) is 0. The Hall–Kier alpha value is -3.28. The maximum atomic E-state index is 13.6. The Bertz CT molecular complexity index is 1190. The quantitative estimate of drug-likeness (QED) is 0.423. The highest BCUT2D eigenvalue weighted by Crippen LogP contribution is 2.36. The van der Waals surface area contributed by atoms with Crippen molar-refractivity contribution in [2.45, 2.75) is 46.5 Å². The van der Waals surface area contributed by atoms with Crippen molar-refractivity contribution in [1.29, 1.82) is 0 Å². The summed E-state index contributed by atoms with van der Waals surface area (Å²) in [6, 6.07) is 8.97. The number of fused-ring (bicyclic) bond motifs is 2. The van der Waals surface area contributed by atoms with E-state index in [1.807, 2.05) is 32.0 Å². The van der Waals surface area contributed by atoms with Crippen LogP contribution in [0.4, 0.5) is 0 Å². The Kier molecular flexibility index (Phi) is 5.98. The van der Waals surface area contributed by atoms with Crippen LogP contribution in [0.15, 0.2) is 39.5 Å². The van der Waals surface area contributed by atoms with Gasteiger partial charge in [0.1, 0.15) is 17.1 Å². The standard InChI is InChI=1S/C25H26O6/c1-4-15-12-17-21(14-20(15)31-23(26)6-3)30-18(5-2)24(25(17)27)16-8-9-19-22(13-16)29-11-7-10-28-19/h8-9,12-14H,4-7,10-11H2,1-3H3. The Morgan fingerprint density at radius 1 is 1.00 bits per heavy atom. The van der Waals surface area contributed by atoms with Crippen molar-refractivity contribution in [2.75, 3.05) is 13.2 Å². The molecule has 0 saturated carbocycles. The molecule has 0 spiro atoms. The molecule has 0 aliphatic carbocycles. The normalized spacial score (nSPS) is 13.1. The van der Waals surface area contributed by atoms with Gasteiger partial charge in [0.15, 0.2) is 11.5 Å². The number of aryl methyl sites for hydroxylation is 2. The summed E-state index contributed by atoms with van der Waals surface area (Å²) >= 11 is 0. The summed E-state index contributed by atoms with van der Waals surface area (Å²) in [5.41, 5.74) is 2.34. The van der Waals surface area contributed by atoms with Gasteiger partial charge in [0, 0.05) is 25.3 Å². The molecule has 6 heteroatoms. The van der Waals surface area contributed by atoms with Crippen molar-refractivity contribution in [1.82, 2.24) is 0 Å². The minimum absolute atomic E-state index is 0.115. The molecule has 0 radical (unpaired) electrons. The van der Waals surface area contributed by atoms with E-state index in [-0.39, 0.29) is 17.8 Å². The molecular formula is C25H26O6. The van der Waals surface area contributed by atoms with Crippen molar-refractivity contribution in [3.63, 3.8) is 0 Å². The first-order valence-corrected chi connectivity index (χ1v) is 10.8. The summed E-state index contributed by atoms with van der Waals surface area (Å²) in [4.78, 5) is 25.4. The summed E-state index contributed by atoms with van der Waals surface area (Å²) in [6.45, 7) is 6.82. The molecule has 6 nitrogen and oxygen atoms in total. The van der Waals surface area contributed by atoms with Crippen LogP contribution in [0.3, 0.4) is 0 Å². The molecule has 1 aliphatic heterocycles. The molecule has 0 fully saturated rings. The maximum Gasteiger partial charge on any atom is 0.310 e. The van der Waals surface area contributed by atoms with E-state index >= 15 is 0 Å². The molecule has 0 saturated heterocycles. The van der Waals surface area contributed by atoms with Crippen LogP contribution in [0.2, 0.25) is 0 Å². The number of carbonyl (C=O) groups excluding carboxylic acids is 1. The highest BCUT2D eigenvalue weighted by molar-refractivity contribution is 5.86. The summed E-state index contributed by atoms with van der Waals surface area (Å²) in [5, 5.41) is 0.465. The third kappa shape index (κ3) is 4.02. The first-order chi connectivity index (χ1) is 15.0. The van der Waals surface area contributed by atoms with Crippen LogP contribution in [0, 0.1) is 0 Å². The fraction of sp³-hybridized carbons (Fsp3) is 0.360. The molecule has 1 aromatic heterocycles. The van der Waals surface area contributed by atoms with E-state index in [9.17, 15) is 9.59 Å². The number of carbonyl (C=O) groups is 1. The van der Waals surface area contributed by atoms with Crippen LogP contribution in [-0.4, -0.2) is 19.2 Å². The molecule has 3 aromatic rings. The lowest BCUT2D eigenvalue weighted by Gasteiger charge is -2.14. The van der Waals surface area contributed by atoms with Gasteiger partial charge in [-0.25, -0.2) is 0 Å². The predicted molar refractivity (Wildman–Crippen MR) is 118 cm³/mol. The molecule has 0 bridgehead atoms. The van der Waals surface area contributed by atoms with E-state index in [4.69, 9.17) is 18.6 Å². The van der Waals surface area contributed by atoms with Crippen molar-refractivity contribution < 1.29 is 23.4 Å². The van der Waals surface area contributed by atoms with Crippen LogP contribution in [-0.2, 0) is 17.6 Å². The highest BCUT2D eigenvalue weighted by atomic mass is 16.5. The minimum atomic E-state index is -0.323. The minimum Gasteiger partial charge on any atom is -0.490 e. The van der Waals surface area contributed by atoms with Crippen LogP contribution in [0.5, 0.6) is 17.2 Å². The third-order valence-corrected chi connectivity index (χ3v) is 5.40. The summed E-state index contributed by atoms with van der Waals surface area (Å²) in [5.74, 6) is 2.00. The monoisotopic (exact) mass is 422 g/mol. The second-order valence-electron chi connectivity index (χ2n) is 7.43. The fourth-order valence-electron chi connectivity index (χ4n) is 3.74. The van der Waals surface area contributed by atoms with Gasteiger partial charge in [0.05, 0.1) is 24.2 Å². The number of esters is 1.